The van der Waals surface area contributed by atoms with Gasteiger partial charge in [-0.05, 0) is 41.3 Å². The van der Waals surface area contributed by atoms with E-state index in [4.69, 9.17) is 5.73 Å². The maximum Gasteiger partial charge on any atom is 0.318 e. The summed E-state index contributed by atoms with van der Waals surface area (Å²) >= 11 is 1.27. The van der Waals surface area contributed by atoms with E-state index in [1.165, 1.54) is 23.9 Å². The molecule has 3 aromatic rings. The molecule has 2 aromatic carbocycles. The van der Waals surface area contributed by atoms with E-state index in [9.17, 15) is 14.0 Å². The third-order valence-electron chi connectivity index (χ3n) is 4.49. The predicted octanol–water partition coefficient (Wildman–Crippen LogP) is 4.05. The number of nitrogens with zero attached hydrogens (tertiary/aromatic N) is 2. The summed E-state index contributed by atoms with van der Waals surface area (Å²) in [4.78, 5) is 28.1. The Labute approximate surface area is 178 Å². The molecule has 0 spiro atoms. The Morgan fingerprint density at radius 2 is 1.80 bits per heavy atom. The molecular weight excluding hydrogens is 403 g/mol. The molecule has 0 aliphatic rings. The van der Waals surface area contributed by atoms with Crippen LogP contribution in [0, 0.1) is 11.7 Å². The van der Waals surface area contributed by atoms with Crippen LogP contribution in [0.5, 0.6) is 0 Å². The summed E-state index contributed by atoms with van der Waals surface area (Å²) in [6, 6.07) is 15.2. The second-order valence-corrected chi connectivity index (χ2v) is 8.25. The Balaban J connectivity index is 1.99. The summed E-state index contributed by atoms with van der Waals surface area (Å²) in [5, 5.41) is 2.22. The number of amides is 3. The Morgan fingerprint density at radius 3 is 2.40 bits per heavy atom. The molecule has 0 aliphatic carbocycles. The lowest BCUT2D eigenvalue weighted by Gasteiger charge is -2.20. The van der Waals surface area contributed by atoms with E-state index in [2.05, 4.69) is 10.3 Å². The SMILES string of the molecule is CC(C)[C@@H](Sc1ncc(-c2ccc(F)cc2)n1Cc1ccccc1)C(=O)NC(N)=O. The van der Waals surface area contributed by atoms with Crippen LogP contribution in [0.1, 0.15) is 19.4 Å². The van der Waals surface area contributed by atoms with Gasteiger partial charge in [-0.15, -0.1) is 0 Å². The summed E-state index contributed by atoms with van der Waals surface area (Å²) in [6.07, 6.45) is 1.71. The van der Waals surface area contributed by atoms with Gasteiger partial charge in [0.15, 0.2) is 5.16 Å². The molecule has 3 amide bonds. The molecule has 1 aromatic heterocycles. The van der Waals surface area contributed by atoms with Crippen molar-refractivity contribution in [2.75, 3.05) is 0 Å². The Hall–Kier alpha value is -3.13. The van der Waals surface area contributed by atoms with Crippen LogP contribution in [0.4, 0.5) is 9.18 Å². The second-order valence-electron chi connectivity index (χ2n) is 7.14. The number of thioether (sulfide) groups is 1. The number of aromatic nitrogens is 2. The summed E-state index contributed by atoms with van der Waals surface area (Å²) in [5.41, 5.74) is 7.80. The fourth-order valence-electron chi connectivity index (χ4n) is 3.02. The van der Waals surface area contributed by atoms with Gasteiger partial charge < -0.3 is 10.3 Å². The zero-order valence-electron chi connectivity index (χ0n) is 16.7. The molecule has 0 radical (unpaired) electrons. The maximum atomic E-state index is 13.4. The number of nitrogens with one attached hydrogen (secondary N) is 1. The molecule has 1 atom stereocenters. The predicted molar refractivity (Wildman–Crippen MR) is 115 cm³/mol. The average molecular weight is 427 g/mol. The minimum Gasteiger partial charge on any atom is -0.351 e. The minimum absolute atomic E-state index is 0.0644. The number of carbonyl (C=O) groups is 2. The largest absolute Gasteiger partial charge is 0.351 e. The van der Waals surface area contributed by atoms with Gasteiger partial charge in [-0.1, -0.05) is 55.9 Å². The van der Waals surface area contributed by atoms with E-state index in [0.717, 1.165) is 16.8 Å². The summed E-state index contributed by atoms with van der Waals surface area (Å²) in [5.74, 6) is -0.837. The van der Waals surface area contributed by atoms with Gasteiger partial charge in [0.05, 0.1) is 23.7 Å². The van der Waals surface area contributed by atoms with E-state index in [1.54, 1.807) is 18.3 Å². The van der Waals surface area contributed by atoms with Gasteiger partial charge in [0.2, 0.25) is 5.91 Å². The van der Waals surface area contributed by atoms with Crippen molar-refractivity contribution in [2.45, 2.75) is 30.8 Å². The first-order valence-electron chi connectivity index (χ1n) is 9.47. The zero-order chi connectivity index (χ0) is 21.7. The molecule has 0 bridgehead atoms. The third-order valence-corrected chi connectivity index (χ3v) is 6.03. The minimum atomic E-state index is -0.883. The number of halogens is 1. The van der Waals surface area contributed by atoms with Crippen molar-refractivity contribution in [3.63, 3.8) is 0 Å². The van der Waals surface area contributed by atoms with Gasteiger partial charge in [0.1, 0.15) is 5.82 Å². The molecule has 6 nitrogen and oxygen atoms in total. The van der Waals surface area contributed by atoms with Crippen molar-refractivity contribution in [2.24, 2.45) is 11.7 Å². The zero-order valence-corrected chi connectivity index (χ0v) is 17.5. The number of primary amides is 1. The molecule has 0 unspecified atom stereocenters. The number of hydrogen-bond donors (Lipinski definition) is 2. The van der Waals surface area contributed by atoms with Gasteiger partial charge >= 0.3 is 6.03 Å². The summed E-state index contributed by atoms with van der Waals surface area (Å²) in [6.45, 7) is 4.31. The Morgan fingerprint density at radius 1 is 1.13 bits per heavy atom. The molecule has 3 N–H and O–H groups in total. The van der Waals surface area contributed by atoms with Crippen molar-refractivity contribution in [1.29, 1.82) is 0 Å². The van der Waals surface area contributed by atoms with Crippen LogP contribution < -0.4 is 11.1 Å². The molecule has 0 aliphatic heterocycles. The third kappa shape index (κ3) is 5.27. The van der Waals surface area contributed by atoms with Crippen LogP contribution in [0.3, 0.4) is 0 Å². The lowest BCUT2D eigenvalue weighted by molar-refractivity contribution is -0.120. The van der Waals surface area contributed by atoms with E-state index in [1.807, 2.05) is 48.7 Å². The molecule has 156 valence electrons. The highest BCUT2D eigenvalue weighted by molar-refractivity contribution is 8.00. The standard InChI is InChI=1S/C22H23FN4O2S/c1-14(2)19(20(28)26-21(24)29)30-22-25-12-18(16-8-10-17(23)11-9-16)27(22)13-15-6-4-3-5-7-15/h3-12,14,19H,13H2,1-2H3,(H3,24,26,28,29)/t19-/m1/s1. The van der Waals surface area contributed by atoms with Crippen LogP contribution in [-0.4, -0.2) is 26.7 Å². The lowest BCUT2D eigenvalue weighted by atomic mass is 10.1. The van der Waals surface area contributed by atoms with E-state index in [0.29, 0.717) is 11.7 Å². The lowest BCUT2D eigenvalue weighted by Crippen LogP contribution is -2.42. The number of nitrogens with two attached hydrogens (primary N) is 1. The Bertz CT molecular complexity index is 1020. The first-order valence-corrected chi connectivity index (χ1v) is 10.4. The van der Waals surface area contributed by atoms with Gasteiger partial charge in [-0.25, -0.2) is 14.2 Å². The quantitative estimate of drug-likeness (QED) is 0.558. The summed E-state index contributed by atoms with van der Waals surface area (Å²) < 4.78 is 15.4. The number of urea groups is 1. The van der Waals surface area contributed by atoms with Gasteiger partial charge in [0.25, 0.3) is 0 Å². The maximum absolute atomic E-state index is 13.4. The molecule has 30 heavy (non-hydrogen) atoms. The van der Waals surface area contributed by atoms with E-state index < -0.39 is 17.2 Å². The topological polar surface area (TPSA) is 90.0 Å². The molecular formula is C22H23FN4O2S. The Kier molecular flexibility index (Phi) is 6.89. The number of rotatable bonds is 7. The highest BCUT2D eigenvalue weighted by atomic mass is 32.2. The van der Waals surface area contributed by atoms with E-state index in [-0.39, 0.29) is 11.7 Å². The van der Waals surface area contributed by atoms with Crippen molar-refractivity contribution in [1.82, 2.24) is 14.9 Å². The number of carbonyl (C=O) groups excluding carboxylic acids is 2. The summed E-state index contributed by atoms with van der Waals surface area (Å²) in [7, 11) is 0. The van der Waals surface area contributed by atoms with Crippen molar-refractivity contribution in [3.8, 4) is 11.3 Å². The van der Waals surface area contributed by atoms with Gasteiger partial charge in [-0.3, -0.25) is 10.1 Å². The molecule has 0 saturated carbocycles. The van der Waals surface area contributed by atoms with Crippen molar-refractivity contribution < 1.29 is 14.0 Å². The molecule has 0 saturated heterocycles. The second kappa shape index (κ2) is 9.58. The number of imide groups is 1. The fraction of sp³-hybridized carbons (Fsp3) is 0.227. The van der Waals surface area contributed by atoms with Crippen LogP contribution in [0.2, 0.25) is 0 Å². The van der Waals surface area contributed by atoms with Gasteiger partial charge in [-0.2, -0.15) is 0 Å². The number of benzene rings is 2. The van der Waals surface area contributed by atoms with Crippen LogP contribution in [-0.2, 0) is 11.3 Å². The van der Waals surface area contributed by atoms with Crippen LogP contribution in [0.25, 0.3) is 11.3 Å². The number of imidazole rings is 1. The monoisotopic (exact) mass is 426 g/mol. The average Bonchev–Trinajstić information content (AvgIpc) is 3.09. The van der Waals surface area contributed by atoms with Crippen LogP contribution >= 0.6 is 11.8 Å². The first kappa shape index (κ1) is 21.6. The molecule has 0 fully saturated rings. The fourth-order valence-corrected chi connectivity index (χ4v) is 4.09. The smallest absolute Gasteiger partial charge is 0.318 e. The highest BCUT2D eigenvalue weighted by Gasteiger charge is 2.27. The molecule has 1 heterocycles. The number of hydrogen-bond acceptors (Lipinski definition) is 4. The van der Waals surface area contributed by atoms with Crippen molar-refractivity contribution >= 4 is 23.7 Å². The molecule has 8 heteroatoms. The van der Waals surface area contributed by atoms with Crippen molar-refractivity contribution in [3.05, 3.63) is 72.2 Å². The van der Waals surface area contributed by atoms with Gasteiger partial charge in [0, 0.05) is 0 Å². The van der Waals surface area contributed by atoms with Crippen LogP contribution in [0.15, 0.2) is 66.0 Å². The molecule has 3 rings (SSSR count). The van der Waals surface area contributed by atoms with E-state index >= 15 is 0 Å². The first-order chi connectivity index (χ1) is 14.3. The normalized spacial score (nSPS) is 12.0. The highest BCUT2D eigenvalue weighted by Crippen LogP contribution is 2.32.